The summed E-state index contributed by atoms with van der Waals surface area (Å²) in [6.45, 7) is 7.74. The van der Waals surface area contributed by atoms with E-state index in [1.165, 1.54) is 9.21 Å². The van der Waals surface area contributed by atoms with Crippen LogP contribution in [0.15, 0.2) is 42.5 Å². The summed E-state index contributed by atoms with van der Waals surface area (Å²) in [5.41, 5.74) is 2.20. The van der Waals surface area contributed by atoms with Crippen LogP contribution in [0.5, 0.6) is 0 Å². The molecular formula is C27H37Cl2N3O4S. The molecule has 7 nitrogen and oxygen atoms in total. The zero-order chi connectivity index (χ0) is 27.8. The van der Waals surface area contributed by atoms with Crippen LogP contribution < -0.4 is 9.62 Å². The van der Waals surface area contributed by atoms with Crippen molar-refractivity contribution in [1.29, 1.82) is 0 Å². The van der Waals surface area contributed by atoms with E-state index in [0.29, 0.717) is 21.3 Å². The Morgan fingerprint density at radius 3 is 2.11 bits per heavy atom. The van der Waals surface area contributed by atoms with Crippen LogP contribution in [0.3, 0.4) is 0 Å². The highest BCUT2D eigenvalue weighted by Crippen LogP contribution is 2.27. The van der Waals surface area contributed by atoms with Crippen molar-refractivity contribution in [2.75, 3.05) is 17.1 Å². The number of nitrogens with one attached hydrogen (secondary N) is 1. The molecule has 2 amide bonds. The second-order valence-corrected chi connectivity index (χ2v) is 11.9. The quantitative estimate of drug-likeness (QED) is 0.348. The predicted molar refractivity (Wildman–Crippen MR) is 152 cm³/mol. The van der Waals surface area contributed by atoms with Crippen molar-refractivity contribution in [1.82, 2.24) is 10.2 Å². The van der Waals surface area contributed by atoms with E-state index in [9.17, 15) is 18.0 Å². The fourth-order valence-corrected chi connectivity index (χ4v) is 5.29. The molecule has 10 heteroatoms. The number of halogens is 2. The summed E-state index contributed by atoms with van der Waals surface area (Å²) in [7, 11) is -3.55. The van der Waals surface area contributed by atoms with Crippen LogP contribution >= 0.6 is 23.2 Å². The molecule has 0 aliphatic carbocycles. The number of hydrogen-bond donors (Lipinski definition) is 1. The Morgan fingerprint density at radius 1 is 1.00 bits per heavy atom. The van der Waals surface area contributed by atoms with Crippen molar-refractivity contribution in [2.45, 2.75) is 72.0 Å². The van der Waals surface area contributed by atoms with E-state index in [1.807, 2.05) is 32.9 Å². The van der Waals surface area contributed by atoms with Gasteiger partial charge in [0, 0.05) is 41.2 Å². The van der Waals surface area contributed by atoms with Gasteiger partial charge in [0.25, 0.3) is 0 Å². The molecule has 1 N–H and O–H groups in total. The highest BCUT2D eigenvalue weighted by atomic mass is 35.5. The van der Waals surface area contributed by atoms with E-state index in [1.54, 1.807) is 37.3 Å². The summed E-state index contributed by atoms with van der Waals surface area (Å²) >= 11 is 12.7. The van der Waals surface area contributed by atoms with Crippen molar-refractivity contribution < 1.29 is 18.0 Å². The minimum Gasteiger partial charge on any atom is -0.352 e. The van der Waals surface area contributed by atoms with Gasteiger partial charge in [-0.25, -0.2) is 8.42 Å². The van der Waals surface area contributed by atoms with Gasteiger partial charge >= 0.3 is 0 Å². The lowest BCUT2D eigenvalue weighted by Crippen LogP contribution is -2.49. The van der Waals surface area contributed by atoms with E-state index >= 15 is 0 Å². The third-order valence-electron chi connectivity index (χ3n) is 6.34. The highest BCUT2D eigenvalue weighted by molar-refractivity contribution is 7.92. The van der Waals surface area contributed by atoms with Gasteiger partial charge in [0.2, 0.25) is 21.8 Å². The standard InChI is InChI=1S/C27H37Cl2N3O4S/c1-6-19(3)30-27(34)20(4)31(18-23-24(28)10-8-11-25(23)29)26(33)12-9-17-32(37(5,35)36)22-15-13-21(7-2)14-16-22/h8,10-11,13-16,19-20H,6-7,9,12,17-18H2,1-5H3,(H,30,34)/t19-,20+/m1/s1. The van der Waals surface area contributed by atoms with Crippen molar-refractivity contribution in [3.63, 3.8) is 0 Å². The van der Waals surface area contributed by atoms with Crippen molar-refractivity contribution in [3.8, 4) is 0 Å². The predicted octanol–water partition coefficient (Wildman–Crippen LogP) is 5.43. The molecule has 2 aromatic rings. The zero-order valence-electron chi connectivity index (χ0n) is 22.1. The lowest BCUT2D eigenvalue weighted by molar-refractivity contribution is -0.140. The molecule has 0 aliphatic heterocycles. The normalized spacial score (nSPS) is 13.1. The smallest absolute Gasteiger partial charge is 0.242 e. The van der Waals surface area contributed by atoms with Crippen LogP contribution in [-0.4, -0.2) is 50.0 Å². The number of rotatable bonds is 13. The van der Waals surface area contributed by atoms with Crippen LogP contribution in [0.2, 0.25) is 10.0 Å². The molecule has 2 atom stereocenters. The topological polar surface area (TPSA) is 86.8 Å². The molecule has 2 aromatic carbocycles. The highest BCUT2D eigenvalue weighted by Gasteiger charge is 2.28. The summed E-state index contributed by atoms with van der Waals surface area (Å²) in [6, 6.07) is 11.6. The first-order valence-corrected chi connectivity index (χ1v) is 15.1. The lowest BCUT2D eigenvalue weighted by atomic mass is 10.1. The Morgan fingerprint density at radius 2 is 1.59 bits per heavy atom. The van der Waals surface area contributed by atoms with Gasteiger partial charge in [-0.05, 0) is 62.9 Å². The first-order chi connectivity index (χ1) is 17.4. The molecule has 0 spiro atoms. The molecule has 0 aliphatic rings. The van der Waals surface area contributed by atoms with Crippen molar-refractivity contribution in [3.05, 3.63) is 63.6 Å². The van der Waals surface area contributed by atoms with Gasteiger partial charge in [-0.1, -0.05) is 55.2 Å². The third kappa shape index (κ3) is 8.90. The molecular weight excluding hydrogens is 533 g/mol. The molecule has 204 valence electrons. The Balaban J connectivity index is 2.22. The average Bonchev–Trinajstić information content (AvgIpc) is 2.85. The van der Waals surface area contributed by atoms with Gasteiger partial charge in [0.05, 0.1) is 11.9 Å². The monoisotopic (exact) mass is 569 g/mol. The number of anilines is 1. The maximum Gasteiger partial charge on any atom is 0.242 e. The lowest BCUT2D eigenvalue weighted by Gasteiger charge is -2.30. The summed E-state index contributed by atoms with van der Waals surface area (Å²) < 4.78 is 26.3. The second kappa shape index (κ2) is 14.0. The Hall–Kier alpha value is -2.29. The molecule has 0 radical (unpaired) electrons. The Kier molecular flexibility index (Phi) is 11.7. The molecule has 0 aromatic heterocycles. The number of carbonyl (C=O) groups is 2. The van der Waals surface area contributed by atoms with E-state index in [-0.39, 0.29) is 43.8 Å². The molecule has 0 heterocycles. The van der Waals surface area contributed by atoms with Gasteiger partial charge in [0.15, 0.2) is 0 Å². The summed E-state index contributed by atoms with van der Waals surface area (Å²) in [5.74, 6) is -0.572. The largest absolute Gasteiger partial charge is 0.352 e. The van der Waals surface area contributed by atoms with Crippen molar-refractivity contribution in [2.24, 2.45) is 0 Å². The van der Waals surface area contributed by atoms with Crippen LogP contribution in [0.1, 0.15) is 58.1 Å². The summed E-state index contributed by atoms with van der Waals surface area (Å²) in [4.78, 5) is 27.8. The molecule has 37 heavy (non-hydrogen) atoms. The van der Waals surface area contributed by atoms with Gasteiger partial charge in [-0.15, -0.1) is 0 Å². The molecule has 2 rings (SSSR count). The second-order valence-electron chi connectivity index (χ2n) is 9.17. The van der Waals surface area contributed by atoms with Gasteiger partial charge < -0.3 is 10.2 Å². The average molecular weight is 571 g/mol. The number of benzene rings is 2. The first-order valence-electron chi connectivity index (χ1n) is 12.5. The number of hydrogen-bond acceptors (Lipinski definition) is 4. The minimum absolute atomic E-state index is 0.0433. The fraction of sp³-hybridized carbons (Fsp3) is 0.481. The Bertz CT molecular complexity index is 1150. The van der Waals surface area contributed by atoms with Gasteiger partial charge in [-0.3, -0.25) is 13.9 Å². The number of aryl methyl sites for hydroxylation is 1. The molecule has 0 fully saturated rings. The molecule has 0 saturated heterocycles. The minimum atomic E-state index is -3.55. The van der Waals surface area contributed by atoms with Crippen LogP contribution in [0, 0.1) is 0 Å². The van der Waals surface area contributed by atoms with E-state index in [4.69, 9.17) is 23.2 Å². The Labute approximate surface area is 231 Å². The van der Waals surface area contributed by atoms with Crippen LogP contribution in [0.4, 0.5) is 5.69 Å². The SMILES string of the molecule is CCc1ccc(N(CCCC(=O)N(Cc2c(Cl)cccc2Cl)[C@@H](C)C(=O)N[C@H](C)CC)S(C)(=O)=O)cc1. The zero-order valence-corrected chi connectivity index (χ0v) is 24.5. The van der Waals surface area contributed by atoms with E-state index in [0.717, 1.165) is 24.7 Å². The first kappa shape index (κ1) is 30.9. The number of sulfonamides is 1. The number of amides is 2. The van der Waals surface area contributed by atoms with Gasteiger partial charge in [-0.2, -0.15) is 0 Å². The number of carbonyl (C=O) groups excluding carboxylic acids is 2. The molecule has 0 saturated carbocycles. The maximum absolute atomic E-state index is 13.4. The number of nitrogens with zero attached hydrogens (tertiary/aromatic N) is 2. The van der Waals surface area contributed by atoms with Crippen molar-refractivity contribution >= 4 is 50.7 Å². The van der Waals surface area contributed by atoms with Crippen LogP contribution in [0.25, 0.3) is 0 Å². The summed E-state index contributed by atoms with van der Waals surface area (Å²) in [6.07, 6.45) is 3.07. The van der Waals surface area contributed by atoms with Gasteiger partial charge in [0.1, 0.15) is 6.04 Å². The van der Waals surface area contributed by atoms with E-state index < -0.39 is 16.1 Å². The summed E-state index contributed by atoms with van der Waals surface area (Å²) in [5, 5.41) is 3.72. The fourth-order valence-electron chi connectivity index (χ4n) is 3.80. The molecule has 0 unspecified atom stereocenters. The van der Waals surface area contributed by atoms with Crippen LogP contribution in [-0.2, 0) is 32.6 Å². The van der Waals surface area contributed by atoms with E-state index in [2.05, 4.69) is 5.32 Å². The maximum atomic E-state index is 13.4. The molecule has 0 bridgehead atoms. The third-order valence-corrected chi connectivity index (χ3v) is 8.25.